The molecule has 2 N–H and O–H groups in total. The smallest absolute Gasteiger partial charge is 0.119 e. The molecule has 14 heavy (non-hydrogen) atoms. The van der Waals surface area contributed by atoms with Crippen molar-refractivity contribution < 1.29 is 10.2 Å². The number of hydrogen-bond acceptors (Lipinski definition) is 2. The van der Waals surface area contributed by atoms with Crippen molar-refractivity contribution in [2.24, 2.45) is 0 Å². The normalized spacial score (nSPS) is 20.9. The molecular formula is C12H14O2. The van der Waals surface area contributed by atoms with Gasteiger partial charge in [-0.15, -0.1) is 0 Å². The summed E-state index contributed by atoms with van der Waals surface area (Å²) in [6.07, 6.45) is 0.191. The Morgan fingerprint density at radius 3 is 2.71 bits per heavy atom. The summed E-state index contributed by atoms with van der Waals surface area (Å²) < 4.78 is 0. The van der Waals surface area contributed by atoms with Gasteiger partial charge in [0.05, 0.1) is 0 Å². The fourth-order valence-electron chi connectivity index (χ4n) is 1.91. The van der Waals surface area contributed by atoms with Crippen LogP contribution in [-0.4, -0.2) is 10.2 Å². The highest BCUT2D eigenvalue weighted by atomic mass is 16.3. The van der Waals surface area contributed by atoms with E-state index in [4.69, 9.17) is 0 Å². The van der Waals surface area contributed by atoms with Crippen molar-refractivity contribution in [1.82, 2.24) is 0 Å². The van der Waals surface area contributed by atoms with Crippen molar-refractivity contribution in [3.8, 4) is 5.75 Å². The Bertz CT molecular complexity index is 405. The van der Waals surface area contributed by atoms with Crippen LogP contribution in [0.1, 0.15) is 31.1 Å². The van der Waals surface area contributed by atoms with Gasteiger partial charge in [-0.2, -0.15) is 0 Å². The Hall–Kier alpha value is -1.28. The Balaban J connectivity index is 2.59. The van der Waals surface area contributed by atoms with Gasteiger partial charge in [-0.05, 0) is 37.5 Å². The lowest BCUT2D eigenvalue weighted by Gasteiger charge is -2.24. The molecule has 2 rings (SSSR count). The lowest BCUT2D eigenvalue weighted by Crippen LogP contribution is -2.11. The van der Waals surface area contributed by atoms with Crippen molar-refractivity contribution >= 4 is 0 Å². The van der Waals surface area contributed by atoms with E-state index < -0.39 is 6.10 Å². The summed E-state index contributed by atoms with van der Waals surface area (Å²) >= 11 is 0. The van der Waals surface area contributed by atoms with Gasteiger partial charge >= 0.3 is 0 Å². The minimum absolute atomic E-state index is 0.286. The number of phenols is 1. The Labute approximate surface area is 83.5 Å². The second-order valence-electron chi connectivity index (χ2n) is 3.89. The van der Waals surface area contributed by atoms with Gasteiger partial charge in [0.2, 0.25) is 0 Å². The van der Waals surface area contributed by atoms with Gasteiger partial charge in [-0.3, -0.25) is 0 Å². The zero-order chi connectivity index (χ0) is 10.3. The largest absolute Gasteiger partial charge is 0.508 e. The maximum Gasteiger partial charge on any atom is 0.119 e. The number of hydrogen-bond donors (Lipinski definition) is 2. The first-order valence-corrected chi connectivity index (χ1v) is 4.76. The zero-order valence-corrected chi connectivity index (χ0v) is 8.41. The molecule has 0 saturated heterocycles. The van der Waals surface area contributed by atoms with Crippen LogP contribution in [0.3, 0.4) is 0 Å². The van der Waals surface area contributed by atoms with Crippen LogP contribution < -0.4 is 0 Å². The predicted octanol–water partition coefficient (Wildman–Crippen LogP) is 2.32. The first kappa shape index (κ1) is 9.28. The third-order valence-electron chi connectivity index (χ3n) is 3.01. The molecule has 0 radical (unpaired) electrons. The lowest BCUT2D eigenvalue weighted by atomic mass is 9.85. The molecule has 0 spiro atoms. The van der Waals surface area contributed by atoms with Gasteiger partial charge in [-0.25, -0.2) is 0 Å². The van der Waals surface area contributed by atoms with E-state index in [1.54, 1.807) is 12.1 Å². The summed E-state index contributed by atoms with van der Waals surface area (Å²) in [4.78, 5) is 0. The Morgan fingerprint density at radius 1 is 1.29 bits per heavy atom. The van der Waals surface area contributed by atoms with Gasteiger partial charge in [0, 0.05) is 5.56 Å². The van der Waals surface area contributed by atoms with Crippen LogP contribution in [0.15, 0.2) is 29.3 Å². The van der Waals surface area contributed by atoms with Gasteiger partial charge in [0.25, 0.3) is 0 Å². The van der Waals surface area contributed by atoms with Gasteiger partial charge < -0.3 is 10.2 Å². The number of allylic oxidation sites excluding steroid dienone is 1. The van der Waals surface area contributed by atoms with E-state index in [2.05, 4.69) is 0 Å². The highest BCUT2D eigenvalue weighted by molar-refractivity contribution is 5.48. The highest BCUT2D eigenvalue weighted by Crippen LogP contribution is 2.37. The maximum absolute atomic E-state index is 9.96. The van der Waals surface area contributed by atoms with E-state index in [0.717, 1.165) is 28.7 Å². The molecule has 1 unspecified atom stereocenters. The van der Waals surface area contributed by atoms with Crippen molar-refractivity contribution in [3.05, 3.63) is 40.5 Å². The highest BCUT2D eigenvalue weighted by Gasteiger charge is 2.23. The fourth-order valence-corrected chi connectivity index (χ4v) is 1.91. The van der Waals surface area contributed by atoms with Crippen molar-refractivity contribution in [2.75, 3.05) is 0 Å². The molecule has 1 aromatic rings. The topological polar surface area (TPSA) is 40.5 Å². The van der Waals surface area contributed by atoms with E-state index in [9.17, 15) is 10.2 Å². The van der Waals surface area contributed by atoms with Crippen LogP contribution in [0.25, 0.3) is 0 Å². The summed E-state index contributed by atoms with van der Waals surface area (Å²) in [5, 5.41) is 19.6. The summed E-state index contributed by atoms with van der Waals surface area (Å²) in [6.45, 7) is 3.93. The second kappa shape index (κ2) is 3.14. The van der Waals surface area contributed by atoms with Crippen molar-refractivity contribution in [1.29, 1.82) is 0 Å². The van der Waals surface area contributed by atoms with E-state index in [0.29, 0.717) is 0 Å². The molecule has 0 fully saturated rings. The van der Waals surface area contributed by atoms with Crippen LogP contribution in [0.5, 0.6) is 5.75 Å². The van der Waals surface area contributed by atoms with E-state index in [-0.39, 0.29) is 5.75 Å². The third kappa shape index (κ3) is 1.23. The Morgan fingerprint density at radius 2 is 2.00 bits per heavy atom. The summed E-state index contributed by atoms with van der Waals surface area (Å²) in [5.74, 6) is 0.286. The molecule has 0 heterocycles. The zero-order valence-electron chi connectivity index (χ0n) is 8.41. The lowest BCUT2D eigenvalue weighted by molar-refractivity contribution is 0.209. The number of benzene rings is 1. The Kier molecular flexibility index (Phi) is 2.08. The molecule has 1 aliphatic rings. The van der Waals surface area contributed by atoms with Crippen molar-refractivity contribution in [3.63, 3.8) is 0 Å². The van der Waals surface area contributed by atoms with Crippen LogP contribution in [0.2, 0.25) is 0 Å². The molecule has 1 atom stereocenters. The quantitative estimate of drug-likeness (QED) is 0.616. The third-order valence-corrected chi connectivity index (χ3v) is 3.01. The number of fused-ring (bicyclic) bond motifs is 1. The first-order chi connectivity index (χ1) is 6.61. The predicted molar refractivity (Wildman–Crippen MR) is 55.1 cm³/mol. The minimum Gasteiger partial charge on any atom is -0.508 e. The maximum atomic E-state index is 9.96. The monoisotopic (exact) mass is 190 g/mol. The molecule has 0 bridgehead atoms. The minimum atomic E-state index is -0.550. The summed E-state index contributed by atoms with van der Waals surface area (Å²) in [6, 6.07) is 5.31. The molecule has 1 aliphatic carbocycles. The van der Waals surface area contributed by atoms with Crippen LogP contribution >= 0.6 is 0 Å². The van der Waals surface area contributed by atoms with Crippen LogP contribution in [0, 0.1) is 0 Å². The molecule has 0 aliphatic heterocycles. The summed E-state index contributed by atoms with van der Waals surface area (Å²) in [5.41, 5.74) is 3.85. The van der Waals surface area contributed by atoms with E-state index >= 15 is 0 Å². The SMILES string of the molecule is CC1=C(C)C(O)c2cccc(O)c2C1. The average Bonchev–Trinajstić information content (AvgIpc) is 2.17. The number of aliphatic hydroxyl groups excluding tert-OH is 1. The number of aliphatic hydroxyl groups is 1. The molecule has 2 heteroatoms. The molecule has 74 valence electrons. The fraction of sp³-hybridized carbons (Fsp3) is 0.333. The molecule has 0 aromatic heterocycles. The molecule has 2 nitrogen and oxygen atoms in total. The van der Waals surface area contributed by atoms with Crippen LogP contribution in [-0.2, 0) is 6.42 Å². The van der Waals surface area contributed by atoms with Crippen molar-refractivity contribution in [2.45, 2.75) is 26.4 Å². The molecule has 0 amide bonds. The van der Waals surface area contributed by atoms with Gasteiger partial charge in [0.1, 0.15) is 11.9 Å². The summed E-state index contributed by atoms with van der Waals surface area (Å²) in [7, 11) is 0. The second-order valence-corrected chi connectivity index (χ2v) is 3.89. The van der Waals surface area contributed by atoms with Gasteiger partial charge in [-0.1, -0.05) is 17.7 Å². The first-order valence-electron chi connectivity index (χ1n) is 4.76. The molecule has 1 aromatic carbocycles. The number of aromatic hydroxyl groups is 1. The number of phenolic OH excluding ortho intramolecular Hbond substituents is 1. The van der Waals surface area contributed by atoms with E-state index in [1.807, 2.05) is 19.9 Å². The molecular weight excluding hydrogens is 176 g/mol. The van der Waals surface area contributed by atoms with Crippen LogP contribution in [0.4, 0.5) is 0 Å². The average molecular weight is 190 g/mol. The molecule has 0 saturated carbocycles. The van der Waals surface area contributed by atoms with Gasteiger partial charge in [0.15, 0.2) is 0 Å². The van der Waals surface area contributed by atoms with E-state index in [1.165, 1.54) is 0 Å². The standard InChI is InChI=1S/C12H14O2/c1-7-6-10-9(12(14)8(7)2)4-3-5-11(10)13/h3-5,12-14H,6H2,1-2H3. The number of rotatable bonds is 0.